The first kappa shape index (κ1) is 15.4. The minimum atomic E-state index is 0.695. The van der Waals surface area contributed by atoms with Crippen molar-refractivity contribution in [3.05, 3.63) is 35.9 Å². The van der Waals surface area contributed by atoms with Crippen molar-refractivity contribution in [1.29, 1.82) is 0 Å². The molecule has 116 valence electrons. The lowest BCUT2D eigenvalue weighted by Crippen LogP contribution is -2.50. The van der Waals surface area contributed by atoms with Gasteiger partial charge < -0.3 is 5.32 Å². The third-order valence-corrected chi connectivity index (χ3v) is 6.13. The molecule has 0 spiro atoms. The van der Waals surface area contributed by atoms with Crippen LogP contribution in [-0.4, -0.2) is 41.6 Å². The first-order valence-electron chi connectivity index (χ1n) is 8.40. The quantitative estimate of drug-likeness (QED) is 0.896. The number of nitrogens with zero attached hydrogens (tertiary/aromatic N) is 1. The molecule has 1 aromatic rings. The molecular weight excluding hydrogens is 276 g/mol. The highest BCUT2D eigenvalue weighted by Crippen LogP contribution is 2.29. The normalized spacial score (nSPS) is 30.6. The maximum atomic E-state index is 3.97. The van der Waals surface area contributed by atoms with Crippen LogP contribution in [0.1, 0.15) is 37.7 Å². The van der Waals surface area contributed by atoms with E-state index in [1.54, 1.807) is 0 Å². The molecule has 1 aliphatic heterocycles. The Morgan fingerprint density at radius 1 is 1.14 bits per heavy atom. The van der Waals surface area contributed by atoms with Crippen LogP contribution in [0.2, 0.25) is 0 Å². The van der Waals surface area contributed by atoms with Crippen LogP contribution in [-0.2, 0) is 6.54 Å². The van der Waals surface area contributed by atoms with Crippen LogP contribution >= 0.6 is 11.8 Å². The second-order valence-electron chi connectivity index (χ2n) is 6.54. The third-order valence-electron chi connectivity index (χ3n) is 4.96. The average Bonchev–Trinajstić information content (AvgIpc) is 2.96. The third kappa shape index (κ3) is 4.24. The van der Waals surface area contributed by atoms with Crippen LogP contribution in [0.3, 0.4) is 0 Å². The highest BCUT2D eigenvalue weighted by molar-refractivity contribution is 7.99. The van der Waals surface area contributed by atoms with Crippen molar-refractivity contribution in [2.24, 2.45) is 0 Å². The van der Waals surface area contributed by atoms with Gasteiger partial charge in [-0.15, -0.1) is 0 Å². The molecule has 0 radical (unpaired) electrons. The van der Waals surface area contributed by atoms with Gasteiger partial charge in [0.1, 0.15) is 0 Å². The molecule has 2 aliphatic rings. The lowest BCUT2D eigenvalue weighted by atomic mass is 10.0. The number of hydrogen-bond donors (Lipinski definition) is 1. The van der Waals surface area contributed by atoms with E-state index in [2.05, 4.69) is 58.6 Å². The lowest BCUT2D eigenvalue weighted by Gasteiger charge is -2.35. The molecule has 1 N–H and O–H groups in total. The molecular formula is C18H28N2S. The molecule has 0 amide bonds. The SMILES string of the molecule is CSC1CCCC1NC1CCCN(Cc2ccccc2)C1. The monoisotopic (exact) mass is 304 g/mol. The summed E-state index contributed by atoms with van der Waals surface area (Å²) in [6.07, 6.45) is 9.14. The number of hydrogen-bond acceptors (Lipinski definition) is 3. The van der Waals surface area contributed by atoms with Crippen molar-refractivity contribution in [2.75, 3.05) is 19.3 Å². The van der Waals surface area contributed by atoms with Crippen molar-refractivity contribution in [3.63, 3.8) is 0 Å². The van der Waals surface area contributed by atoms with Gasteiger partial charge in [-0.25, -0.2) is 0 Å². The molecule has 1 aromatic carbocycles. The van der Waals surface area contributed by atoms with Gasteiger partial charge in [0.15, 0.2) is 0 Å². The zero-order chi connectivity index (χ0) is 14.5. The Morgan fingerprint density at radius 3 is 2.81 bits per heavy atom. The number of benzene rings is 1. The minimum absolute atomic E-state index is 0.695. The van der Waals surface area contributed by atoms with Gasteiger partial charge in [0.05, 0.1) is 0 Å². The molecule has 2 fully saturated rings. The van der Waals surface area contributed by atoms with Gasteiger partial charge in [-0.05, 0) is 44.0 Å². The molecule has 3 heteroatoms. The summed E-state index contributed by atoms with van der Waals surface area (Å²) >= 11 is 2.06. The Balaban J connectivity index is 1.51. The summed E-state index contributed by atoms with van der Waals surface area (Å²) in [5.74, 6) is 0. The Morgan fingerprint density at radius 2 is 2.00 bits per heavy atom. The van der Waals surface area contributed by atoms with Gasteiger partial charge in [0.25, 0.3) is 0 Å². The van der Waals surface area contributed by atoms with Crippen LogP contribution in [0.15, 0.2) is 30.3 Å². The van der Waals surface area contributed by atoms with Crippen LogP contribution in [0.4, 0.5) is 0 Å². The maximum absolute atomic E-state index is 3.97. The minimum Gasteiger partial charge on any atom is -0.309 e. The molecule has 0 bridgehead atoms. The summed E-state index contributed by atoms with van der Waals surface area (Å²) < 4.78 is 0. The molecule has 3 atom stereocenters. The molecule has 21 heavy (non-hydrogen) atoms. The fourth-order valence-corrected chi connectivity index (χ4v) is 4.82. The Hall–Kier alpha value is -0.510. The molecule has 1 aliphatic carbocycles. The fourth-order valence-electron chi connectivity index (χ4n) is 3.88. The van der Waals surface area contributed by atoms with Crippen LogP contribution in [0, 0.1) is 0 Å². The van der Waals surface area contributed by atoms with Gasteiger partial charge in [-0.2, -0.15) is 11.8 Å². The fraction of sp³-hybridized carbons (Fsp3) is 0.667. The molecule has 3 unspecified atom stereocenters. The highest BCUT2D eigenvalue weighted by atomic mass is 32.2. The summed E-state index contributed by atoms with van der Waals surface area (Å²) in [5, 5.41) is 4.81. The van der Waals surface area contributed by atoms with Crippen LogP contribution < -0.4 is 5.32 Å². The number of nitrogens with one attached hydrogen (secondary N) is 1. The number of likely N-dealkylation sites (tertiary alicyclic amines) is 1. The van der Waals surface area contributed by atoms with E-state index in [-0.39, 0.29) is 0 Å². The Kier molecular flexibility index (Phi) is 5.61. The summed E-state index contributed by atoms with van der Waals surface area (Å²) in [6.45, 7) is 3.58. The summed E-state index contributed by atoms with van der Waals surface area (Å²) in [5.41, 5.74) is 1.45. The second-order valence-corrected chi connectivity index (χ2v) is 7.61. The van der Waals surface area contributed by atoms with E-state index in [0.717, 1.165) is 17.8 Å². The van der Waals surface area contributed by atoms with E-state index in [1.165, 1.54) is 50.8 Å². The topological polar surface area (TPSA) is 15.3 Å². The molecule has 3 rings (SSSR count). The molecule has 0 aromatic heterocycles. The zero-order valence-electron chi connectivity index (χ0n) is 13.1. The van der Waals surface area contributed by atoms with Gasteiger partial charge in [0, 0.05) is 30.4 Å². The standard InChI is InChI=1S/C18H28N2S/c1-21-18-11-5-10-17(18)19-16-9-6-12-20(14-16)13-15-7-3-2-4-8-15/h2-4,7-8,16-19H,5-6,9-14H2,1H3. The average molecular weight is 305 g/mol. The van der Waals surface area contributed by atoms with E-state index in [4.69, 9.17) is 0 Å². The zero-order valence-corrected chi connectivity index (χ0v) is 13.9. The number of rotatable bonds is 5. The first-order chi connectivity index (χ1) is 10.3. The smallest absolute Gasteiger partial charge is 0.0234 e. The van der Waals surface area contributed by atoms with Crippen molar-refractivity contribution < 1.29 is 0 Å². The van der Waals surface area contributed by atoms with Gasteiger partial charge >= 0.3 is 0 Å². The highest BCUT2D eigenvalue weighted by Gasteiger charge is 2.29. The van der Waals surface area contributed by atoms with Crippen molar-refractivity contribution in [2.45, 2.75) is 56.0 Å². The second kappa shape index (κ2) is 7.66. The van der Waals surface area contributed by atoms with Crippen LogP contribution in [0.25, 0.3) is 0 Å². The van der Waals surface area contributed by atoms with Crippen molar-refractivity contribution >= 4 is 11.8 Å². The van der Waals surface area contributed by atoms with E-state index >= 15 is 0 Å². The predicted molar refractivity (Wildman–Crippen MR) is 92.8 cm³/mol. The van der Waals surface area contributed by atoms with E-state index in [1.807, 2.05) is 0 Å². The van der Waals surface area contributed by atoms with Crippen molar-refractivity contribution in [3.8, 4) is 0 Å². The summed E-state index contributed by atoms with van der Waals surface area (Å²) in [7, 11) is 0. The summed E-state index contributed by atoms with van der Waals surface area (Å²) in [4.78, 5) is 2.62. The Bertz CT molecular complexity index is 422. The van der Waals surface area contributed by atoms with E-state index in [0.29, 0.717) is 6.04 Å². The lowest BCUT2D eigenvalue weighted by molar-refractivity contribution is 0.176. The van der Waals surface area contributed by atoms with Gasteiger partial charge in [-0.3, -0.25) is 4.90 Å². The maximum Gasteiger partial charge on any atom is 0.0234 e. The number of piperidine rings is 1. The first-order valence-corrected chi connectivity index (χ1v) is 9.69. The van der Waals surface area contributed by atoms with Crippen molar-refractivity contribution in [1.82, 2.24) is 10.2 Å². The predicted octanol–water partition coefficient (Wildman–Crippen LogP) is 3.52. The van der Waals surface area contributed by atoms with Gasteiger partial charge in [0.2, 0.25) is 0 Å². The van der Waals surface area contributed by atoms with E-state index in [9.17, 15) is 0 Å². The molecule has 2 nitrogen and oxygen atoms in total. The van der Waals surface area contributed by atoms with E-state index < -0.39 is 0 Å². The Labute approximate surface area is 133 Å². The largest absolute Gasteiger partial charge is 0.309 e. The molecule has 1 heterocycles. The molecule has 1 saturated carbocycles. The molecule has 1 saturated heterocycles. The van der Waals surface area contributed by atoms with Crippen LogP contribution in [0.5, 0.6) is 0 Å². The summed E-state index contributed by atoms with van der Waals surface area (Å²) in [6, 6.07) is 12.3. The number of thioether (sulfide) groups is 1. The van der Waals surface area contributed by atoms with Gasteiger partial charge in [-0.1, -0.05) is 36.8 Å².